The second-order valence-corrected chi connectivity index (χ2v) is 3.96. The molecule has 0 aliphatic carbocycles. The summed E-state index contributed by atoms with van der Waals surface area (Å²) in [6.45, 7) is 0.804. The zero-order valence-corrected chi connectivity index (χ0v) is 9.35. The predicted molar refractivity (Wildman–Crippen MR) is 57.7 cm³/mol. The molecule has 2 rings (SSSR count). The predicted octanol–water partition coefficient (Wildman–Crippen LogP) is 2.85. The van der Waals surface area contributed by atoms with E-state index in [1.807, 2.05) is 0 Å². The van der Waals surface area contributed by atoms with Crippen LogP contribution in [0.2, 0.25) is 0 Å². The summed E-state index contributed by atoms with van der Waals surface area (Å²) >= 11 is 0. The number of hydrogen-bond donors (Lipinski definition) is 2. The summed E-state index contributed by atoms with van der Waals surface area (Å²) in [6.07, 6.45) is -3.28. The van der Waals surface area contributed by atoms with Crippen LogP contribution in [0.4, 0.5) is 23.2 Å². The number of anilines is 1. The molecule has 2 N–H and O–H groups in total. The second-order valence-electron chi connectivity index (χ2n) is 3.96. The van der Waals surface area contributed by atoms with Gasteiger partial charge in [0, 0.05) is 0 Å². The minimum Gasteiger partial charge on any atom is -0.403 e. The number of nitrogens with one attached hydrogen (secondary N) is 2. The molecule has 0 radical (unpaired) electrons. The van der Waals surface area contributed by atoms with Crippen molar-refractivity contribution in [3.8, 4) is 5.75 Å². The third kappa shape index (κ3) is 3.25. The molecule has 1 unspecified atom stereocenters. The lowest BCUT2D eigenvalue weighted by Crippen LogP contribution is -2.30. The van der Waals surface area contributed by atoms with Gasteiger partial charge < -0.3 is 10.1 Å². The number of benzene rings is 1. The Morgan fingerprint density at radius 1 is 1.33 bits per heavy atom. The number of alkyl halides is 3. The summed E-state index contributed by atoms with van der Waals surface area (Å²) in [5, 5.41) is 5.86. The quantitative estimate of drug-likeness (QED) is 0.824. The Bertz CT molecular complexity index is 416. The van der Waals surface area contributed by atoms with E-state index in [2.05, 4.69) is 15.4 Å². The molecule has 1 aromatic carbocycles. The van der Waals surface area contributed by atoms with Crippen molar-refractivity contribution in [1.29, 1.82) is 0 Å². The zero-order valence-electron chi connectivity index (χ0n) is 9.35. The van der Waals surface area contributed by atoms with Crippen molar-refractivity contribution in [1.82, 2.24) is 5.32 Å². The molecule has 1 aliphatic rings. The van der Waals surface area contributed by atoms with Gasteiger partial charge in [0.05, 0.1) is 11.9 Å². The van der Waals surface area contributed by atoms with E-state index in [-0.39, 0.29) is 11.9 Å². The topological polar surface area (TPSA) is 33.3 Å². The molecule has 1 aliphatic heterocycles. The van der Waals surface area contributed by atoms with Crippen LogP contribution in [0.25, 0.3) is 0 Å². The normalized spacial score (nSPS) is 19.9. The van der Waals surface area contributed by atoms with Gasteiger partial charge in [0.25, 0.3) is 0 Å². The van der Waals surface area contributed by atoms with E-state index in [4.69, 9.17) is 0 Å². The summed E-state index contributed by atoms with van der Waals surface area (Å²) < 4.78 is 53.5. The monoisotopic (exact) mass is 264 g/mol. The lowest BCUT2D eigenvalue weighted by molar-refractivity contribution is -0.275. The van der Waals surface area contributed by atoms with Crippen LogP contribution in [0, 0.1) is 5.82 Å². The van der Waals surface area contributed by atoms with Gasteiger partial charge in [0.2, 0.25) is 0 Å². The minimum absolute atomic E-state index is 0.00356. The maximum absolute atomic E-state index is 13.7. The summed E-state index contributed by atoms with van der Waals surface area (Å²) in [5.41, 5.74) is -0.00356. The highest BCUT2D eigenvalue weighted by atomic mass is 19.4. The van der Waals surface area contributed by atoms with E-state index in [0.29, 0.717) is 0 Å². The van der Waals surface area contributed by atoms with E-state index in [1.54, 1.807) is 0 Å². The molecule has 0 bridgehead atoms. The number of rotatable bonds is 3. The van der Waals surface area contributed by atoms with Crippen molar-refractivity contribution in [3.05, 3.63) is 24.0 Å². The fourth-order valence-electron chi connectivity index (χ4n) is 1.82. The summed E-state index contributed by atoms with van der Waals surface area (Å²) in [5.74, 6) is -1.87. The van der Waals surface area contributed by atoms with Crippen molar-refractivity contribution in [3.63, 3.8) is 0 Å². The number of ether oxygens (including phenoxy) is 1. The second kappa shape index (κ2) is 5.01. The maximum Gasteiger partial charge on any atom is 0.573 e. The standard InChI is InChI=1S/C11H12F4N2O/c12-10-7(17-9-5-2-6-16-9)3-1-4-8(10)18-11(13,14)15/h1,3-4,9,16-17H,2,5-6H2. The average molecular weight is 264 g/mol. The van der Waals surface area contributed by atoms with Gasteiger partial charge >= 0.3 is 6.36 Å². The molecule has 0 saturated carbocycles. The molecule has 1 aromatic rings. The fraction of sp³-hybridized carbons (Fsp3) is 0.455. The van der Waals surface area contributed by atoms with Crippen LogP contribution in [-0.4, -0.2) is 19.1 Å². The molecule has 18 heavy (non-hydrogen) atoms. The van der Waals surface area contributed by atoms with Gasteiger partial charge in [-0.1, -0.05) is 6.07 Å². The summed E-state index contributed by atoms with van der Waals surface area (Å²) in [6, 6.07) is 3.62. The van der Waals surface area contributed by atoms with E-state index in [0.717, 1.165) is 25.5 Å². The first-order valence-corrected chi connectivity index (χ1v) is 5.50. The van der Waals surface area contributed by atoms with Gasteiger partial charge in [0.1, 0.15) is 0 Å². The molecule has 7 heteroatoms. The third-order valence-electron chi connectivity index (χ3n) is 2.58. The van der Waals surface area contributed by atoms with Crippen LogP contribution in [-0.2, 0) is 0 Å². The summed E-state index contributed by atoms with van der Waals surface area (Å²) in [7, 11) is 0. The first-order chi connectivity index (χ1) is 8.46. The molecular weight excluding hydrogens is 252 g/mol. The first kappa shape index (κ1) is 12.9. The number of hydrogen-bond acceptors (Lipinski definition) is 3. The van der Waals surface area contributed by atoms with E-state index < -0.39 is 17.9 Å². The van der Waals surface area contributed by atoms with Crippen LogP contribution < -0.4 is 15.4 Å². The van der Waals surface area contributed by atoms with E-state index >= 15 is 0 Å². The highest BCUT2D eigenvalue weighted by molar-refractivity contribution is 5.50. The largest absolute Gasteiger partial charge is 0.573 e. The Morgan fingerprint density at radius 2 is 2.11 bits per heavy atom. The molecular formula is C11H12F4N2O. The van der Waals surface area contributed by atoms with E-state index in [1.165, 1.54) is 12.1 Å². The Balaban J connectivity index is 2.13. The molecule has 0 aromatic heterocycles. The molecule has 0 spiro atoms. The minimum atomic E-state index is -4.90. The Labute approximate surface area is 101 Å². The van der Waals surface area contributed by atoms with Crippen LogP contribution >= 0.6 is 0 Å². The maximum atomic E-state index is 13.7. The van der Waals surface area contributed by atoms with Crippen LogP contribution in [0.3, 0.4) is 0 Å². The Morgan fingerprint density at radius 3 is 2.72 bits per heavy atom. The van der Waals surface area contributed by atoms with E-state index in [9.17, 15) is 17.6 Å². The lowest BCUT2D eigenvalue weighted by Gasteiger charge is -2.16. The van der Waals surface area contributed by atoms with Crippen LogP contribution in [0.15, 0.2) is 18.2 Å². The highest BCUT2D eigenvalue weighted by Crippen LogP contribution is 2.30. The van der Waals surface area contributed by atoms with Crippen molar-refractivity contribution >= 4 is 5.69 Å². The van der Waals surface area contributed by atoms with Gasteiger partial charge in [-0.2, -0.15) is 0 Å². The van der Waals surface area contributed by atoms with Gasteiger partial charge in [-0.05, 0) is 31.5 Å². The van der Waals surface area contributed by atoms with Crippen LogP contribution in [0.5, 0.6) is 5.75 Å². The Hall–Kier alpha value is -1.50. The Kier molecular flexibility index (Phi) is 3.60. The molecule has 1 fully saturated rings. The molecule has 0 amide bonds. The van der Waals surface area contributed by atoms with Crippen molar-refractivity contribution in [2.24, 2.45) is 0 Å². The van der Waals surface area contributed by atoms with Crippen molar-refractivity contribution in [2.75, 3.05) is 11.9 Å². The van der Waals surface area contributed by atoms with Gasteiger partial charge in [0.15, 0.2) is 11.6 Å². The zero-order chi connectivity index (χ0) is 13.2. The smallest absolute Gasteiger partial charge is 0.403 e. The van der Waals surface area contributed by atoms with Crippen molar-refractivity contribution < 1.29 is 22.3 Å². The first-order valence-electron chi connectivity index (χ1n) is 5.50. The molecule has 1 saturated heterocycles. The molecule has 1 atom stereocenters. The molecule has 3 nitrogen and oxygen atoms in total. The van der Waals surface area contributed by atoms with Crippen molar-refractivity contribution in [2.45, 2.75) is 25.4 Å². The number of halogens is 4. The van der Waals surface area contributed by atoms with Gasteiger partial charge in [-0.25, -0.2) is 4.39 Å². The molecule has 1 heterocycles. The van der Waals surface area contributed by atoms with Crippen LogP contribution in [0.1, 0.15) is 12.8 Å². The fourth-order valence-corrected chi connectivity index (χ4v) is 1.82. The van der Waals surface area contributed by atoms with Gasteiger partial charge in [-0.3, -0.25) is 5.32 Å². The lowest BCUT2D eigenvalue weighted by atomic mass is 10.2. The third-order valence-corrected chi connectivity index (χ3v) is 2.58. The molecule has 100 valence electrons. The SMILES string of the molecule is Fc1c(NC2CCCN2)cccc1OC(F)(F)F. The summed E-state index contributed by atoms with van der Waals surface area (Å²) in [4.78, 5) is 0. The van der Waals surface area contributed by atoms with Gasteiger partial charge in [-0.15, -0.1) is 13.2 Å². The highest BCUT2D eigenvalue weighted by Gasteiger charge is 2.33. The average Bonchev–Trinajstić information content (AvgIpc) is 2.75.